The molecular weight excluding hydrogens is 644 g/mol. The number of esters is 1. The zero-order valence-corrected chi connectivity index (χ0v) is 28.2. The van der Waals surface area contributed by atoms with Crippen LogP contribution in [0.2, 0.25) is 0 Å². The minimum Gasteiger partial charge on any atom is -0.478 e. The number of aliphatic hydroxyl groups is 1. The molecule has 4 unspecified atom stereocenters. The molecule has 2 amide bonds. The van der Waals surface area contributed by atoms with E-state index in [9.17, 15) is 24.6 Å². The predicted molar refractivity (Wildman–Crippen MR) is 186 cm³/mol. The van der Waals surface area contributed by atoms with Gasteiger partial charge < -0.3 is 35.1 Å². The molecule has 0 aliphatic carbocycles. The summed E-state index contributed by atoms with van der Waals surface area (Å²) >= 11 is 1.60. The molecule has 0 aromatic heterocycles. The molecule has 4 N–H and O–H groups in total. The number of aliphatic hydroxyl groups excluding tert-OH is 1. The number of carbonyl (C=O) groups is 3. The number of carboxylic acid groups (broad SMARTS) is 1. The van der Waals surface area contributed by atoms with Gasteiger partial charge in [0.1, 0.15) is 6.54 Å². The van der Waals surface area contributed by atoms with Gasteiger partial charge in [-0.2, -0.15) is 0 Å². The maximum Gasteiger partial charge on any atom is 0.335 e. The highest BCUT2D eigenvalue weighted by atomic mass is 32.2. The molecule has 1 saturated heterocycles. The molecule has 1 fully saturated rings. The summed E-state index contributed by atoms with van der Waals surface area (Å²) in [5, 5.41) is 24.1. The van der Waals surface area contributed by atoms with Gasteiger partial charge in [-0.15, -0.1) is 11.8 Å². The van der Waals surface area contributed by atoms with Crippen molar-refractivity contribution in [3.05, 3.63) is 125 Å². The van der Waals surface area contributed by atoms with Crippen molar-refractivity contribution in [3.8, 4) is 11.1 Å². The summed E-state index contributed by atoms with van der Waals surface area (Å²) in [4.78, 5) is 36.0. The summed E-state index contributed by atoms with van der Waals surface area (Å²) in [6.45, 7) is 4.08. The molecular formula is C38H40N2O8S. The van der Waals surface area contributed by atoms with Crippen molar-refractivity contribution in [2.75, 3.05) is 18.9 Å². The molecule has 1 heterocycles. The average Bonchev–Trinajstić information content (AvgIpc) is 3.13. The van der Waals surface area contributed by atoms with Crippen molar-refractivity contribution in [1.82, 2.24) is 10.6 Å². The number of ether oxygens (including phenoxy) is 3. The second kappa shape index (κ2) is 17.1. The lowest BCUT2D eigenvalue weighted by molar-refractivity contribution is -0.268. The molecule has 0 radical (unpaired) electrons. The van der Waals surface area contributed by atoms with Crippen molar-refractivity contribution in [2.24, 2.45) is 5.92 Å². The van der Waals surface area contributed by atoms with Crippen molar-refractivity contribution >= 4 is 29.7 Å². The molecule has 4 aromatic rings. The van der Waals surface area contributed by atoms with Crippen LogP contribution < -0.4 is 10.6 Å². The normalized spacial score (nSPS) is 18.8. The van der Waals surface area contributed by atoms with Gasteiger partial charge in [-0.3, -0.25) is 4.79 Å². The summed E-state index contributed by atoms with van der Waals surface area (Å²) in [5.74, 6) is -0.843. The zero-order valence-electron chi connectivity index (χ0n) is 27.3. The number of urea groups is 1. The van der Waals surface area contributed by atoms with Gasteiger partial charge >= 0.3 is 18.0 Å². The van der Waals surface area contributed by atoms with Crippen molar-refractivity contribution in [2.45, 2.75) is 50.4 Å². The van der Waals surface area contributed by atoms with E-state index in [2.05, 4.69) is 17.6 Å². The fourth-order valence-electron chi connectivity index (χ4n) is 5.52. The van der Waals surface area contributed by atoms with Crippen molar-refractivity contribution in [3.63, 3.8) is 0 Å². The first-order valence-electron chi connectivity index (χ1n) is 16.1. The number of aromatic carboxylic acids is 1. The maximum absolute atomic E-state index is 12.2. The first-order chi connectivity index (χ1) is 23.7. The second-order valence-electron chi connectivity index (χ2n) is 11.6. The highest BCUT2D eigenvalue weighted by molar-refractivity contribution is 7.99. The van der Waals surface area contributed by atoms with E-state index in [0.717, 1.165) is 38.3 Å². The predicted octanol–water partition coefficient (Wildman–Crippen LogP) is 6.49. The van der Waals surface area contributed by atoms with Crippen LogP contribution >= 0.6 is 11.8 Å². The summed E-state index contributed by atoms with van der Waals surface area (Å²) in [6.07, 6.45) is -1.13. The van der Waals surface area contributed by atoms with E-state index < -0.39 is 24.3 Å². The Hall–Kier alpha value is -4.68. The molecule has 256 valence electrons. The highest BCUT2D eigenvalue weighted by Gasteiger charge is 2.38. The third-order valence-electron chi connectivity index (χ3n) is 8.21. The van der Waals surface area contributed by atoms with Gasteiger partial charge in [-0.05, 0) is 71.1 Å². The Morgan fingerprint density at radius 1 is 0.837 bits per heavy atom. The van der Waals surface area contributed by atoms with Crippen LogP contribution in [0.3, 0.4) is 0 Å². The smallest absolute Gasteiger partial charge is 0.335 e. The average molecular weight is 685 g/mol. The highest BCUT2D eigenvalue weighted by Crippen LogP contribution is 2.43. The Balaban J connectivity index is 1.32. The molecule has 49 heavy (non-hydrogen) atoms. The van der Waals surface area contributed by atoms with Crippen LogP contribution in [0.1, 0.15) is 58.9 Å². The monoisotopic (exact) mass is 684 g/mol. The molecule has 4 aromatic carbocycles. The van der Waals surface area contributed by atoms with Gasteiger partial charge in [0.25, 0.3) is 0 Å². The van der Waals surface area contributed by atoms with Crippen LogP contribution in [0.5, 0.6) is 0 Å². The topological polar surface area (TPSA) is 143 Å². The molecule has 10 nitrogen and oxygen atoms in total. The number of carbonyl (C=O) groups excluding carboxylic acids is 2. The van der Waals surface area contributed by atoms with E-state index in [1.165, 1.54) is 0 Å². The van der Waals surface area contributed by atoms with Crippen LogP contribution in [-0.2, 0) is 32.2 Å². The molecule has 1 aliphatic rings. The van der Waals surface area contributed by atoms with E-state index >= 15 is 0 Å². The van der Waals surface area contributed by atoms with Crippen LogP contribution in [0.4, 0.5) is 4.79 Å². The number of hydrogen-bond donors (Lipinski definition) is 4. The quantitative estimate of drug-likeness (QED) is 0.0918. The van der Waals surface area contributed by atoms with Crippen molar-refractivity contribution in [1.29, 1.82) is 0 Å². The summed E-state index contributed by atoms with van der Waals surface area (Å²) in [6, 6.07) is 29.9. The molecule has 5 rings (SSSR count). The van der Waals surface area contributed by atoms with E-state index in [-0.39, 0.29) is 50.0 Å². The lowest BCUT2D eigenvalue weighted by Crippen LogP contribution is -2.38. The summed E-state index contributed by atoms with van der Waals surface area (Å²) < 4.78 is 18.1. The van der Waals surface area contributed by atoms with Gasteiger partial charge in [0.15, 0.2) is 6.29 Å². The van der Waals surface area contributed by atoms with Gasteiger partial charge in [-0.25, -0.2) is 9.59 Å². The molecule has 1 aliphatic heterocycles. The first kappa shape index (κ1) is 35.6. The fourth-order valence-corrected chi connectivity index (χ4v) is 6.58. The zero-order chi connectivity index (χ0) is 34.8. The molecule has 0 saturated carbocycles. The molecule has 4 atom stereocenters. The Kier molecular flexibility index (Phi) is 12.4. The van der Waals surface area contributed by atoms with Gasteiger partial charge in [0.2, 0.25) is 0 Å². The fraction of sp³-hybridized carbons (Fsp3) is 0.289. The Morgan fingerprint density at radius 3 is 2.24 bits per heavy atom. The molecule has 0 bridgehead atoms. The van der Waals surface area contributed by atoms with E-state index in [1.54, 1.807) is 30.8 Å². The first-order valence-corrected chi connectivity index (χ1v) is 17.1. The minimum absolute atomic E-state index is 0.0103. The Morgan fingerprint density at radius 2 is 1.55 bits per heavy atom. The standard InChI is InChI=1S/C38H40N2O8S/c1-3-46-34(42)21-40-38(45)39-20-26-6-4-7-29(18-26)30-8-5-9-31(19-30)37-47-33(23-49-32-16-14-28(15-17-32)36(43)44)24(2)35(48-37)27-12-10-25(22-41)11-13-27/h4-19,24,33,35,37,41H,3,20-23H2,1-2H3,(H,43,44)(H2,39,40,45). The third kappa shape index (κ3) is 9.70. The number of carboxylic acids is 1. The molecule has 0 spiro atoms. The number of benzene rings is 4. The maximum atomic E-state index is 12.2. The number of hydrogen-bond acceptors (Lipinski definition) is 8. The lowest BCUT2D eigenvalue weighted by Gasteiger charge is -2.41. The molecule has 11 heteroatoms. The van der Waals surface area contributed by atoms with E-state index in [4.69, 9.17) is 14.2 Å². The SMILES string of the molecule is CCOC(=O)CNC(=O)NCc1cccc(-c2cccc(C3OC(CSc4ccc(C(=O)O)cc4)C(C)C(c4ccc(CO)cc4)O3)c2)c1. The second-order valence-corrected chi connectivity index (χ2v) is 12.7. The van der Waals surface area contributed by atoms with E-state index in [0.29, 0.717) is 5.75 Å². The summed E-state index contributed by atoms with van der Waals surface area (Å²) in [7, 11) is 0. The van der Waals surface area contributed by atoms with E-state index in [1.807, 2.05) is 84.9 Å². The minimum atomic E-state index is -0.961. The number of nitrogens with one attached hydrogen (secondary N) is 2. The lowest BCUT2D eigenvalue weighted by atomic mass is 9.91. The van der Waals surface area contributed by atoms with Crippen molar-refractivity contribution < 1.29 is 38.8 Å². The number of thioether (sulfide) groups is 1. The van der Waals surface area contributed by atoms with Gasteiger partial charge in [-0.1, -0.05) is 67.6 Å². The van der Waals surface area contributed by atoms with Gasteiger partial charge in [0, 0.05) is 28.7 Å². The van der Waals surface area contributed by atoms with Crippen LogP contribution in [0.15, 0.2) is 102 Å². The van der Waals surface area contributed by atoms with Gasteiger partial charge in [0.05, 0.1) is 31.0 Å². The summed E-state index contributed by atoms with van der Waals surface area (Å²) in [5.41, 5.74) is 5.68. The van der Waals surface area contributed by atoms with Crippen LogP contribution in [-0.4, -0.2) is 53.2 Å². The van der Waals surface area contributed by atoms with Crippen LogP contribution in [0, 0.1) is 5.92 Å². The van der Waals surface area contributed by atoms with Crippen LogP contribution in [0.25, 0.3) is 11.1 Å². The largest absolute Gasteiger partial charge is 0.478 e. The number of amides is 2. The number of rotatable bonds is 13. The Bertz CT molecular complexity index is 1730. The Labute approximate surface area is 289 Å². The third-order valence-corrected chi connectivity index (χ3v) is 9.31.